The standard InChI is InChI=1S/C30H42O6/c1-15-18(31)12-23(27(4,5)35)36-20-13-28(6)21-10-9-16-17(11-19(32)25(34)26(16,2)3)30(21,8)22(33)14-29(28,7)24(15)20/h9,11,15,17,20-21,23-24,32,35H,10,12-14H2,1-8H3/t15-,17-,20+,21+,23+,24?,28+,29-,30+/m1/s1. The molecular weight excluding hydrogens is 456 g/mol. The van der Waals surface area contributed by atoms with Crippen LogP contribution in [0, 0.1) is 45.3 Å². The summed E-state index contributed by atoms with van der Waals surface area (Å²) in [6.45, 7) is 15.5. The molecule has 0 aromatic rings. The van der Waals surface area contributed by atoms with E-state index in [-0.39, 0.29) is 64.7 Å². The number of Topliss-reactive ketones (excluding diaryl/α,β-unsaturated/α-hetero) is 3. The van der Waals surface area contributed by atoms with Gasteiger partial charge in [0.05, 0.1) is 23.2 Å². The van der Waals surface area contributed by atoms with Gasteiger partial charge in [-0.1, -0.05) is 39.3 Å². The van der Waals surface area contributed by atoms with Crippen LogP contribution in [0.25, 0.3) is 0 Å². The third-order valence-electron chi connectivity index (χ3n) is 11.6. The van der Waals surface area contributed by atoms with Gasteiger partial charge in [0.25, 0.3) is 0 Å². The minimum atomic E-state index is -1.14. The van der Waals surface area contributed by atoms with Crippen molar-refractivity contribution in [1.82, 2.24) is 0 Å². The molecule has 5 rings (SSSR count). The van der Waals surface area contributed by atoms with Crippen LogP contribution in [-0.2, 0) is 19.1 Å². The zero-order valence-electron chi connectivity index (χ0n) is 23.0. The lowest BCUT2D eigenvalue weighted by Gasteiger charge is -2.63. The molecule has 2 saturated carbocycles. The van der Waals surface area contributed by atoms with E-state index >= 15 is 0 Å². The highest BCUT2D eigenvalue weighted by molar-refractivity contribution is 6.02. The molecule has 5 aliphatic rings. The van der Waals surface area contributed by atoms with Crippen LogP contribution in [0.4, 0.5) is 0 Å². The smallest absolute Gasteiger partial charge is 0.206 e. The summed E-state index contributed by atoms with van der Waals surface area (Å²) in [6, 6.07) is 0. The topological polar surface area (TPSA) is 101 Å². The summed E-state index contributed by atoms with van der Waals surface area (Å²) < 4.78 is 6.59. The monoisotopic (exact) mass is 498 g/mol. The second-order valence-corrected chi connectivity index (χ2v) is 14.2. The number of aliphatic hydroxyl groups is 2. The predicted octanol–water partition coefficient (Wildman–Crippen LogP) is 4.74. The Balaban J connectivity index is 1.64. The van der Waals surface area contributed by atoms with Crippen molar-refractivity contribution in [3.63, 3.8) is 0 Å². The number of fused-ring (bicyclic) bond motifs is 7. The first kappa shape index (κ1) is 25.8. The maximum absolute atomic E-state index is 14.3. The molecule has 1 heterocycles. The van der Waals surface area contributed by atoms with E-state index < -0.39 is 27.9 Å². The molecule has 2 N–H and O–H groups in total. The summed E-state index contributed by atoms with van der Waals surface area (Å²) in [5.74, 6) is -1.07. The van der Waals surface area contributed by atoms with Crippen LogP contribution < -0.4 is 0 Å². The molecule has 198 valence electrons. The first-order chi connectivity index (χ1) is 16.4. The molecule has 9 atom stereocenters. The van der Waals surface area contributed by atoms with Gasteiger partial charge in [-0.25, -0.2) is 0 Å². The molecule has 6 nitrogen and oxygen atoms in total. The average Bonchev–Trinajstić information content (AvgIpc) is 2.88. The van der Waals surface area contributed by atoms with Gasteiger partial charge in [0.2, 0.25) is 5.78 Å². The van der Waals surface area contributed by atoms with Crippen LogP contribution in [0.2, 0.25) is 0 Å². The summed E-state index contributed by atoms with van der Waals surface area (Å²) >= 11 is 0. The lowest BCUT2D eigenvalue weighted by molar-refractivity contribution is -0.167. The maximum Gasteiger partial charge on any atom is 0.206 e. The third-order valence-corrected chi connectivity index (χ3v) is 11.6. The molecule has 6 heteroatoms. The molecule has 36 heavy (non-hydrogen) atoms. The van der Waals surface area contributed by atoms with E-state index in [1.807, 2.05) is 27.7 Å². The molecule has 0 radical (unpaired) electrons. The van der Waals surface area contributed by atoms with Crippen LogP contribution in [0.1, 0.15) is 81.1 Å². The second kappa shape index (κ2) is 7.41. The SMILES string of the molecule is C[C@@H]1C(=O)C[C@@H](C(C)(C)O)O[C@H]2C[C@@]3(C)[C@@H]4CC=C5[C@@H](C=C(O)C(=O)C5(C)C)[C@]4(C)C(=O)C[C@]3(C)C21. The maximum atomic E-state index is 14.3. The predicted molar refractivity (Wildman–Crippen MR) is 135 cm³/mol. The van der Waals surface area contributed by atoms with Crippen molar-refractivity contribution in [2.45, 2.75) is 98.9 Å². The molecule has 0 aromatic carbocycles. The highest BCUT2D eigenvalue weighted by atomic mass is 16.5. The van der Waals surface area contributed by atoms with Crippen LogP contribution in [0.3, 0.4) is 0 Å². The van der Waals surface area contributed by atoms with Crippen LogP contribution in [-0.4, -0.2) is 45.4 Å². The number of rotatable bonds is 1. The van der Waals surface area contributed by atoms with E-state index in [2.05, 4.69) is 19.9 Å². The number of aliphatic hydroxyl groups excluding tert-OH is 1. The van der Waals surface area contributed by atoms with Gasteiger partial charge in [0.15, 0.2) is 5.76 Å². The zero-order chi connectivity index (χ0) is 26.8. The van der Waals surface area contributed by atoms with Crippen molar-refractivity contribution in [3.05, 3.63) is 23.5 Å². The van der Waals surface area contributed by atoms with E-state index in [0.717, 1.165) is 5.57 Å². The fraction of sp³-hybridized carbons (Fsp3) is 0.767. The van der Waals surface area contributed by atoms with Gasteiger partial charge in [-0.2, -0.15) is 0 Å². The van der Waals surface area contributed by atoms with Crippen molar-refractivity contribution in [2.24, 2.45) is 45.3 Å². The normalized spacial score (nSPS) is 48.2. The van der Waals surface area contributed by atoms with Gasteiger partial charge in [0.1, 0.15) is 11.6 Å². The van der Waals surface area contributed by atoms with E-state index in [1.54, 1.807) is 19.9 Å². The first-order valence-corrected chi connectivity index (χ1v) is 13.5. The average molecular weight is 499 g/mol. The number of hydrogen-bond donors (Lipinski definition) is 2. The highest BCUT2D eigenvalue weighted by Gasteiger charge is 2.73. The van der Waals surface area contributed by atoms with Crippen LogP contribution in [0.15, 0.2) is 23.5 Å². The molecular formula is C30H42O6. The fourth-order valence-corrected chi connectivity index (χ4v) is 9.24. The Labute approximate surface area is 214 Å². The van der Waals surface area contributed by atoms with E-state index in [1.165, 1.54) is 0 Å². The minimum absolute atomic E-state index is 0.0310. The van der Waals surface area contributed by atoms with Crippen molar-refractivity contribution < 1.29 is 29.3 Å². The lowest BCUT2D eigenvalue weighted by Crippen LogP contribution is -2.62. The van der Waals surface area contributed by atoms with Gasteiger partial charge >= 0.3 is 0 Å². The van der Waals surface area contributed by atoms with E-state index in [0.29, 0.717) is 19.3 Å². The quantitative estimate of drug-likeness (QED) is 0.506. The summed E-state index contributed by atoms with van der Waals surface area (Å²) in [4.78, 5) is 40.4. The number of carbonyl (C=O) groups is 3. The summed E-state index contributed by atoms with van der Waals surface area (Å²) in [5.41, 5.74) is -2.59. The molecule has 1 aliphatic heterocycles. The van der Waals surface area contributed by atoms with E-state index in [9.17, 15) is 24.6 Å². The van der Waals surface area contributed by atoms with Crippen molar-refractivity contribution in [2.75, 3.05) is 0 Å². The molecule has 4 aliphatic carbocycles. The Morgan fingerprint density at radius 2 is 1.69 bits per heavy atom. The molecule has 0 spiro atoms. The summed E-state index contributed by atoms with van der Waals surface area (Å²) in [5, 5.41) is 21.4. The van der Waals surface area contributed by atoms with E-state index in [4.69, 9.17) is 4.74 Å². The van der Waals surface area contributed by atoms with Crippen LogP contribution in [0.5, 0.6) is 0 Å². The molecule has 1 unspecified atom stereocenters. The Morgan fingerprint density at radius 1 is 1.06 bits per heavy atom. The van der Waals surface area contributed by atoms with Crippen molar-refractivity contribution in [3.8, 4) is 0 Å². The Kier molecular flexibility index (Phi) is 5.32. The second-order valence-electron chi connectivity index (χ2n) is 14.2. The van der Waals surface area contributed by atoms with Crippen LogP contribution >= 0.6 is 0 Å². The summed E-state index contributed by atoms with van der Waals surface area (Å²) in [6.07, 6.45) is 4.84. The molecule has 0 bridgehead atoms. The number of carbonyl (C=O) groups excluding carboxylic acids is 3. The highest BCUT2D eigenvalue weighted by Crippen LogP contribution is 2.74. The minimum Gasteiger partial charge on any atom is -0.505 e. The Bertz CT molecular complexity index is 1110. The van der Waals surface area contributed by atoms with Gasteiger partial charge in [-0.15, -0.1) is 0 Å². The Hall–Kier alpha value is -1.79. The number of hydrogen-bond acceptors (Lipinski definition) is 6. The largest absolute Gasteiger partial charge is 0.505 e. The van der Waals surface area contributed by atoms with Gasteiger partial charge in [0, 0.05) is 36.0 Å². The Morgan fingerprint density at radius 3 is 2.31 bits per heavy atom. The zero-order valence-corrected chi connectivity index (χ0v) is 23.0. The first-order valence-electron chi connectivity index (χ1n) is 13.5. The van der Waals surface area contributed by atoms with Crippen molar-refractivity contribution >= 4 is 17.3 Å². The molecule has 0 amide bonds. The van der Waals surface area contributed by atoms with Crippen molar-refractivity contribution in [1.29, 1.82) is 0 Å². The molecule has 3 fully saturated rings. The third kappa shape index (κ3) is 3.00. The fourth-order valence-electron chi connectivity index (χ4n) is 9.24. The lowest BCUT2D eigenvalue weighted by atomic mass is 9.39. The van der Waals surface area contributed by atoms with Gasteiger partial charge < -0.3 is 14.9 Å². The molecule has 0 aromatic heterocycles. The number of ketones is 3. The summed E-state index contributed by atoms with van der Waals surface area (Å²) in [7, 11) is 0. The van der Waals surface area contributed by atoms with Gasteiger partial charge in [-0.05, 0) is 63.4 Å². The molecule has 1 saturated heterocycles. The number of allylic oxidation sites excluding steroid dienone is 4. The number of ether oxygens (including phenoxy) is 1. The van der Waals surface area contributed by atoms with Gasteiger partial charge in [-0.3, -0.25) is 14.4 Å².